The Morgan fingerprint density at radius 2 is 1.63 bits per heavy atom. The van der Waals surface area contributed by atoms with Crippen molar-refractivity contribution in [3.05, 3.63) is 94.0 Å². The molecule has 3 aromatic rings. The first-order chi connectivity index (χ1) is 20.0. The molecule has 0 aliphatic carbocycles. The Hall–Kier alpha value is -3.39. The Balaban J connectivity index is 1.14. The number of hydrogen-bond donors (Lipinski definition) is 3. The molecule has 1 heterocycles. The summed E-state index contributed by atoms with van der Waals surface area (Å²) in [6.07, 6.45) is 5.09. The lowest BCUT2D eigenvalue weighted by molar-refractivity contribution is 0.0951. The molecule has 3 N–H and O–H groups in total. The molecule has 0 aromatic heterocycles. The van der Waals surface area contributed by atoms with Crippen LogP contribution < -0.4 is 15.4 Å². The van der Waals surface area contributed by atoms with Crippen molar-refractivity contribution >= 4 is 29.1 Å². The Labute approximate surface area is 247 Å². The molecular formula is C33H40ClN3O4. The van der Waals surface area contributed by atoms with Gasteiger partial charge in [-0.15, -0.1) is 0 Å². The normalized spacial score (nSPS) is 14.0. The first kappa shape index (κ1) is 30.6. The summed E-state index contributed by atoms with van der Waals surface area (Å²) in [5.41, 5.74) is 4.21. The zero-order chi connectivity index (χ0) is 29.0. The van der Waals surface area contributed by atoms with Gasteiger partial charge in [0.15, 0.2) is 0 Å². The maximum absolute atomic E-state index is 12.6. The molecule has 0 radical (unpaired) electrons. The number of benzene rings is 3. The van der Waals surface area contributed by atoms with Crippen molar-refractivity contribution in [3.8, 4) is 5.75 Å². The molecule has 3 aromatic carbocycles. The van der Waals surface area contributed by atoms with Crippen LogP contribution in [0.25, 0.3) is 0 Å². The zero-order valence-electron chi connectivity index (χ0n) is 23.7. The van der Waals surface area contributed by atoms with E-state index in [9.17, 15) is 14.7 Å². The summed E-state index contributed by atoms with van der Waals surface area (Å²) < 4.78 is 5.87. The summed E-state index contributed by atoms with van der Waals surface area (Å²) >= 11 is 5.88. The molecular weight excluding hydrogens is 538 g/mol. The number of piperidine rings is 1. The number of aliphatic hydroxyl groups excluding tert-OH is 1. The van der Waals surface area contributed by atoms with Crippen LogP contribution in [-0.2, 0) is 6.42 Å². The number of unbranched alkanes of at least 4 members (excludes halogenated alkanes) is 1. The SMILES string of the molecule is CCc1ccc(C2CCN(CCCCNC(=O)c3ccc(NC(=O)c4ccc(Cl)cc4)cc3)CC2)c(OCCO)c1. The third kappa shape index (κ3) is 9.05. The van der Waals surface area contributed by atoms with Crippen LogP contribution in [0.1, 0.15) is 70.4 Å². The molecule has 7 nitrogen and oxygen atoms in total. The molecule has 1 aliphatic rings. The highest BCUT2D eigenvalue weighted by Gasteiger charge is 2.23. The average Bonchev–Trinajstić information content (AvgIpc) is 3.00. The van der Waals surface area contributed by atoms with Crippen LogP contribution in [0.2, 0.25) is 5.02 Å². The lowest BCUT2D eigenvalue weighted by atomic mass is 9.88. The van der Waals surface area contributed by atoms with Crippen LogP contribution in [0, 0.1) is 0 Å². The predicted octanol–water partition coefficient (Wildman–Crippen LogP) is 5.92. The van der Waals surface area contributed by atoms with Gasteiger partial charge >= 0.3 is 0 Å². The number of hydrogen-bond acceptors (Lipinski definition) is 5. The molecule has 8 heteroatoms. The van der Waals surface area contributed by atoms with Crippen molar-refractivity contribution in [2.24, 2.45) is 0 Å². The fraction of sp³-hybridized carbons (Fsp3) is 0.394. The van der Waals surface area contributed by atoms with Gasteiger partial charge < -0.3 is 25.4 Å². The second kappa shape index (κ2) is 15.6. The van der Waals surface area contributed by atoms with Crippen molar-refractivity contribution in [2.45, 2.75) is 44.9 Å². The van der Waals surface area contributed by atoms with E-state index in [0.717, 1.165) is 57.5 Å². The maximum Gasteiger partial charge on any atom is 0.255 e. The molecule has 218 valence electrons. The third-order valence-corrected chi connectivity index (χ3v) is 7.81. The summed E-state index contributed by atoms with van der Waals surface area (Å²) in [4.78, 5) is 27.4. The number of anilines is 1. The van der Waals surface area contributed by atoms with E-state index in [-0.39, 0.29) is 18.4 Å². The van der Waals surface area contributed by atoms with Crippen LogP contribution in [0.4, 0.5) is 5.69 Å². The van der Waals surface area contributed by atoms with Crippen molar-refractivity contribution in [3.63, 3.8) is 0 Å². The van der Waals surface area contributed by atoms with E-state index in [1.165, 1.54) is 11.1 Å². The molecule has 0 unspecified atom stereocenters. The first-order valence-corrected chi connectivity index (χ1v) is 14.9. The van der Waals surface area contributed by atoms with Crippen LogP contribution >= 0.6 is 11.6 Å². The second-order valence-corrected chi connectivity index (χ2v) is 10.9. The van der Waals surface area contributed by atoms with Gasteiger partial charge in [-0.2, -0.15) is 0 Å². The Morgan fingerprint density at radius 1 is 0.951 bits per heavy atom. The van der Waals surface area contributed by atoms with E-state index in [4.69, 9.17) is 16.3 Å². The minimum atomic E-state index is -0.231. The van der Waals surface area contributed by atoms with Gasteiger partial charge in [0, 0.05) is 28.4 Å². The van der Waals surface area contributed by atoms with Crippen LogP contribution in [0.15, 0.2) is 66.7 Å². The highest BCUT2D eigenvalue weighted by atomic mass is 35.5. The number of aryl methyl sites for hydroxylation is 1. The second-order valence-electron chi connectivity index (χ2n) is 10.4. The maximum atomic E-state index is 12.6. The Morgan fingerprint density at radius 3 is 2.32 bits per heavy atom. The summed E-state index contributed by atoms with van der Waals surface area (Å²) in [5, 5.41) is 15.6. The van der Waals surface area contributed by atoms with Gasteiger partial charge in [0.2, 0.25) is 0 Å². The van der Waals surface area contributed by atoms with Crippen LogP contribution in [0.5, 0.6) is 5.75 Å². The van der Waals surface area contributed by atoms with Crippen molar-refractivity contribution < 1.29 is 19.4 Å². The highest BCUT2D eigenvalue weighted by molar-refractivity contribution is 6.30. The van der Waals surface area contributed by atoms with E-state index in [1.54, 1.807) is 48.5 Å². The van der Waals surface area contributed by atoms with E-state index in [1.807, 2.05) is 0 Å². The number of carbonyl (C=O) groups excluding carboxylic acids is 2. The minimum Gasteiger partial charge on any atom is -0.491 e. The number of amides is 2. The van der Waals surface area contributed by atoms with Gasteiger partial charge in [-0.05, 0) is 123 Å². The third-order valence-electron chi connectivity index (χ3n) is 7.56. The standard InChI is InChI=1S/C33H40ClN3O4/c1-2-24-5-14-30(31(23-24)41-22-21-38)25-15-19-37(20-16-25)18-4-3-17-35-32(39)26-8-12-29(13-9-26)36-33(40)27-6-10-28(34)11-7-27/h5-14,23,25,38H,2-4,15-22H2,1H3,(H,35,39)(H,36,40). The van der Waals surface area contributed by atoms with Crippen LogP contribution in [-0.4, -0.2) is 61.2 Å². The molecule has 0 atom stereocenters. The number of carbonyl (C=O) groups is 2. The van der Waals surface area contributed by atoms with Crippen LogP contribution in [0.3, 0.4) is 0 Å². The summed E-state index contributed by atoms with van der Waals surface area (Å²) in [7, 11) is 0. The Bertz CT molecular complexity index is 1270. The van der Waals surface area contributed by atoms with Gasteiger partial charge in [-0.3, -0.25) is 9.59 Å². The molecule has 2 amide bonds. The minimum absolute atomic E-state index is 0.0203. The molecule has 1 aliphatic heterocycles. The number of nitrogens with zero attached hydrogens (tertiary/aromatic N) is 1. The van der Waals surface area contributed by atoms with E-state index < -0.39 is 0 Å². The highest BCUT2D eigenvalue weighted by Crippen LogP contribution is 2.35. The molecule has 1 saturated heterocycles. The quantitative estimate of drug-likeness (QED) is 0.220. The molecule has 41 heavy (non-hydrogen) atoms. The number of nitrogens with one attached hydrogen (secondary N) is 2. The van der Waals surface area contributed by atoms with Crippen molar-refractivity contribution in [1.29, 1.82) is 0 Å². The summed E-state index contributed by atoms with van der Waals surface area (Å²) in [6.45, 7) is 6.23. The van der Waals surface area contributed by atoms with Gasteiger partial charge in [-0.25, -0.2) is 0 Å². The van der Waals surface area contributed by atoms with Crippen molar-refractivity contribution in [2.75, 3.05) is 44.7 Å². The van der Waals surface area contributed by atoms with Gasteiger partial charge in [0.1, 0.15) is 12.4 Å². The molecule has 0 bridgehead atoms. The number of rotatable bonds is 13. The molecule has 0 saturated carbocycles. The predicted molar refractivity (Wildman–Crippen MR) is 164 cm³/mol. The van der Waals surface area contributed by atoms with E-state index >= 15 is 0 Å². The summed E-state index contributed by atoms with van der Waals surface area (Å²) in [5.74, 6) is 1.05. The van der Waals surface area contributed by atoms with E-state index in [2.05, 4.69) is 40.7 Å². The lowest BCUT2D eigenvalue weighted by Gasteiger charge is -2.33. The number of ether oxygens (including phenoxy) is 1. The van der Waals surface area contributed by atoms with Crippen molar-refractivity contribution in [1.82, 2.24) is 10.2 Å². The molecule has 4 rings (SSSR count). The molecule has 0 spiro atoms. The monoisotopic (exact) mass is 577 g/mol. The topological polar surface area (TPSA) is 90.9 Å². The first-order valence-electron chi connectivity index (χ1n) is 14.5. The van der Waals surface area contributed by atoms with E-state index in [0.29, 0.717) is 40.9 Å². The average molecular weight is 578 g/mol. The zero-order valence-corrected chi connectivity index (χ0v) is 24.5. The van der Waals surface area contributed by atoms with Gasteiger partial charge in [0.25, 0.3) is 11.8 Å². The fourth-order valence-electron chi connectivity index (χ4n) is 5.16. The molecule has 1 fully saturated rings. The smallest absolute Gasteiger partial charge is 0.255 e. The Kier molecular flexibility index (Phi) is 11.6. The fourth-order valence-corrected chi connectivity index (χ4v) is 5.28. The lowest BCUT2D eigenvalue weighted by Crippen LogP contribution is -2.34. The largest absolute Gasteiger partial charge is 0.491 e. The van der Waals surface area contributed by atoms with Gasteiger partial charge in [0.05, 0.1) is 6.61 Å². The van der Waals surface area contributed by atoms with Gasteiger partial charge in [-0.1, -0.05) is 30.7 Å². The number of halogens is 1. The number of likely N-dealkylation sites (tertiary alicyclic amines) is 1. The number of aliphatic hydroxyl groups is 1. The summed E-state index contributed by atoms with van der Waals surface area (Å²) in [6, 6.07) is 20.1.